The van der Waals surface area contributed by atoms with Gasteiger partial charge < -0.3 is 15.0 Å². The molecule has 6 nitrogen and oxygen atoms in total. The van der Waals surface area contributed by atoms with Gasteiger partial charge in [-0.2, -0.15) is 0 Å². The number of nitrogens with zero attached hydrogens (tertiary/aromatic N) is 3. The van der Waals surface area contributed by atoms with Gasteiger partial charge in [-0.15, -0.1) is 0 Å². The van der Waals surface area contributed by atoms with Gasteiger partial charge in [0.25, 0.3) is 0 Å². The average molecular weight is 236 g/mol. The highest BCUT2D eigenvalue weighted by Crippen LogP contribution is 2.17. The lowest BCUT2D eigenvalue weighted by Gasteiger charge is -2.07. The molecule has 0 saturated heterocycles. The quantitative estimate of drug-likeness (QED) is 0.737. The van der Waals surface area contributed by atoms with Gasteiger partial charge in [-0.1, -0.05) is 0 Å². The average Bonchev–Trinajstić information content (AvgIpc) is 2.64. The third-order valence-corrected chi connectivity index (χ3v) is 2.69. The summed E-state index contributed by atoms with van der Waals surface area (Å²) >= 11 is 0. The standard InChI is InChI=1S/C11H16N4O2/c16-5-3-1-2-4-15-8-14-10-9(17)6-12-7-13-11(10)15/h7-8,16H,1-6H2,(H,12,13). The Balaban J connectivity index is 2.04. The summed E-state index contributed by atoms with van der Waals surface area (Å²) in [6.45, 7) is 1.17. The van der Waals surface area contributed by atoms with Crippen LogP contribution in [-0.2, 0) is 6.54 Å². The Morgan fingerprint density at radius 3 is 3.12 bits per heavy atom. The molecule has 0 aliphatic carbocycles. The molecule has 2 rings (SSSR count). The van der Waals surface area contributed by atoms with Crippen LogP contribution in [0.5, 0.6) is 0 Å². The second-order valence-electron chi connectivity index (χ2n) is 3.96. The first kappa shape index (κ1) is 11.8. The molecule has 17 heavy (non-hydrogen) atoms. The van der Waals surface area contributed by atoms with Crippen LogP contribution in [-0.4, -0.2) is 39.9 Å². The SMILES string of the molecule is O=C1CN=CNc2c1ncn2CCCCCO. The van der Waals surface area contributed by atoms with Crippen molar-refractivity contribution in [3.8, 4) is 0 Å². The molecule has 0 aromatic carbocycles. The van der Waals surface area contributed by atoms with Gasteiger partial charge in [0.15, 0.2) is 5.69 Å². The highest BCUT2D eigenvalue weighted by Gasteiger charge is 2.18. The van der Waals surface area contributed by atoms with Crippen LogP contribution in [0.15, 0.2) is 11.3 Å². The predicted molar refractivity (Wildman–Crippen MR) is 64.5 cm³/mol. The fourth-order valence-corrected chi connectivity index (χ4v) is 1.79. The van der Waals surface area contributed by atoms with Crippen LogP contribution in [0.3, 0.4) is 0 Å². The molecule has 0 saturated carbocycles. The summed E-state index contributed by atoms with van der Waals surface area (Å²) < 4.78 is 1.92. The Hall–Kier alpha value is -1.69. The maximum absolute atomic E-state index is 11.6. The van der Waals surface area contributed by atoms with Gasteiger partial charge in [0.1, 0.15) is 12.4 Å². The number of anilines is 1. The number of rotatable bonds is 5. The molecule has 1 aliphatic rings. The number of aliphatic imine (C=N–C) groups is 1. The van der Waals surface area contributed by atoms with E-state index in [9.17, 15) is 4.79 Å². The summed E-state index contributed by atoms with van der Waals surface area (Å²) in [4.78, 5) is 19.7. The number of Topliss-reactive ketones (excluding diaryl/α,β-unsaturated/α-hetero) is 1. The van der Waals surface area contributed by atoms with E-state index in [1.54, 1.807) is 6.33 Å². The van der Waals surface area contributed by atoms with Crippen LogP contribution in [0.2, 0.25) is 0 Å². The normalized spacial score (nSPS) is 14.3. The van der Waals surface area contributed by atoms with Crippen molar-refractivity contribution in [2.45, 2.75) is 25.8 Å². The summed E-state index contributed by atoms with van der Waals surface area (Å²) in [5.41, 5.74) is 0.463. The minimum absolute atomic E-state index is 0.0599. The summed E-state index contributed by atoms with van der Waals surface area (Å²) in [6, 6.07) is 0. The number of aliphatic hydroxyl groups excluding tert-OH is 1. The Morgan fingerprint density at radius 2 is 2.29 bits per heavy atom. The largest absolute Gasteiger partial charge is 0.396 e. The van der Waals surface area contributed by atoms with Crippen molar-refractivity contribution < 1.29 is 9.90 Å². The first-order chi connectivity index (χ1) is 8.33. The van der Waals surface area contributed by atoms with Crippen molar-refractivity contribution in [1.82, 2.24) is 9.55 Å². The van der Waals surface area contributed by atoms with Crippen LogP contribution in [0.1, 0.15) is 29.8 Å². The molecule has 0 spiro atoms. The third kappa shape index (κ3) is 2.71. The van der Waals surface area contributed by atoms with Crippen molar-refractivity contribution in [3.63, 3.8) is 0 Å². The third-order valence-electron chi connectivity index (χ3n) is 2.69. The second-order valence-corrected chi connectivity index (χ2v) is 3.96. The zero-order valence-electron chi connectivity index (χ0n) is 9.59. The number of aromatic nitrogens is 2. The van der Waals surface area contributed by atoms with E-state index in [0.717, 1.165) is 31.6 Å². The molecule has 6 heteroatoms. The molecular weight excluding hydrogens is 220 g/mol. The number of hydrogen-bond donors (Lipinski definition) is 2. The Kier molecular flexibility index (Phi) is 3.87. The number of hydrogen-bond acceptors (Lipinski definition) is 5. The number of unbranched alkanes of at least 4 members (excludes halogenated alkanes) is 2. The van der Waals surface area contributed by atoms with Crippen molar-refractivity contribution in [1.29, 1.82) is 0 Å². The summed E-state index contributed by atoms with van der Waals surface area (Å²) in [5, 5.41) is 11.7. The summed E-state index contributed by atoms with van der Waals surface area (Å²) in [7, 11) is 0. The fraction of sp³-hybridized carbons (Fsp3) is 0.545. The van der Waals surface area contributed by atoms with Gasteiger partial charge in [0.05, 0.1) is 12.7 Å². The van der Waals surface area contributed by atoms with E-state index < -0.39 is 0 Å². The zero-order chi connectivity index (χ0) is 12.1. The molecule has 1 aromatic heterocycles. The highest BCUT2D eigenvalue weighted by molar-refractivity contribution is 6.03. The lowest BCUT2D eigenvalue weighted by Crippen LogP contribution is -2.07. The van der Waals surface area contributed by atoms with Gasteiger partial charge in [-0.3, -0.25) is 9.79 Å². The lowest BCUT2D eigenvalue weighted by atomic mass is 10.2. The second kappa shape index (κ2) is 5.58. The van der Waals surface area contributed by atoms with E-state index >= 15 is 0 Å². The number of ketones is 1. The number of aliphatic hydroxyl groups is 1. The van der Waals surface area contributed by atoms with Crippen molar-refractivity contribution in [3.05, 3.63) is 12.0 Å². The molecule has 92 valence electrons. The molecule has 0 unspecified atom stereocenters. The molecule has 0 amide bonds. The molecule has 0 fully saturated rings. The lowest BCUT2D eigenvalue weighted by molar-refractivity contribution is 0.0999. The van der Waals surface area contributed by atoms with Gasteiger partial charge in [-0.05, 0) is 19.3 Å². The monoisotopic (exact) mass is 236 g/mol. The maximum Gasteiger partial charge on any atom is 0.206 e. The predicted octanol–water partition coefficient (Wildman–Crippen LogP) is 0.682. The number of nitrogens with one attached hydrogen (secondary N) is 1. The van der Waals surface area contributed by atoms with E-state index in [4.69, 9.17) is 5.11 Å². The van der Waals surface area contributed by atoms with Crippen LogP contribution < -0.4 is 5.32 Å². The first-order valence-electron chi connectivity index (χ1n) is 5.77. The van der Waals surface area contributed by atoms with E-state index in [0.29, 0.717) is 5.69 Å². The number of aryl methyl sites for hydroxylation is 1. The topological polar surface area (TPSA) is 79.5 Å². The van der Waals surface area contributed by atoms with E-state index in [1.807, 2.05) is 4.57 Å². The molecule has 0 bridgehead atoms. The van der Waals surface area contributed by atoms with E-state index in [1.165, 1.54) is 6.34 Å². The minimum Gasteiger partial charge on any atom is -0.396 e. The Bertz CT molecular complexity index is 425. The maximum atomic E-state index is 11.6. The van der Waals surface area contributed by atoms with Crippen molar-refractivity contribution in [2.24, 2.45) is 4.99 Å². The molecule has 0 radical (unpaired) electrons. The van der Waals surface area contributed by atoms with Crippen molar-refractivity contribution in [2.75, 3.05) is 18.5 Å². The molecule has 2 N–H and O–H groups in total. The zero-order valence-corrected chi connectivity index (χ0v) is 9.59. The fourth-order valence-electron chi connectivity index (χ4n) is 1.79. The van der Waals surface area contributed by atoms with E-state index in [2.05, 4.69) is 15.3 Å². The van der Waals surface area contributed by atoms with Crippen LogP contribution in [0.4, 0.5) is 5.82 Å². The highest BCUT2D eigenvalue weighted by atomic mass is 16.2. The van der Waals surface area contributed by atoms with Crippen LogP contribution in [0, 0.1) is 0 Å². The molecular formula is C11H16N4O2. The van der Waals surface area contributed by atoms with Crippen LogP contribution >= 0.6 is 0 Å². The molecule has 0 atom stereocenters. The molecule has 1 aromatic rings. The first-order valence-corrected chi connectivity index (χ1v) is 5.77. The minimum atomic E-state index is -0.0599. The number of imidazole rings is 1. The summed E-state index contributed by atoms with van der Waals surface area (Å²) in [5.74, 6) is 0.663. The van der Waals surface area contributed by atoms with E-state index in [-0.39, 0.29) is 18.9 Å². The molecule has 1 aliphatic heterocycles. The number of fused-ring (bicyclic) bond motifs is 1. The van der Waals surface area contributed by atoms with Gasteiger partial charge >= 0.3 is 0 Å². The number of carbonyl (C=O) groups is 1. The van der Waals surface area contributed by atoms with Gasteiger partial charge in [0, 0.05) is 13.2 Å². The van der Waals surface area contributed by atoms with Crippen molar-refractivity contribution >= 4 is 17.9 Å². The Morgan fingerprint density at radius 1 is 1.41 bits per heavy atom. The Labute approximate surface area is 99.4 Å². The smallest absolute Gasteiger partial charge is 0.206 e. The van der Waals surface area contributed by atoms with Gasteiger partial charge in [-0.25, -0.2) is 4.98 Å². The number of carbonyl (C=O) groups excluding carboxylic acids is 1. The summed E-state index contributed by atoms with van der Waals surface area (Å²) in [6.07, 6.45) is 5.94. The van der Waals surface area contributed by atoms with Gasteiger partial charge in [0.2, 0.25) is 5.78 Å². The van der Waals surface area contributed by atoms with Crippen LogP contribution in [0.25, 0.3) is 0 Å². The molecule has 2 heterocycles.